The molecule has 0 amide bonds. The Balaban J connectivity index is 3.23. The highest BCUT2D eigenvalue weighted by molar-refractivity contribution is 9.10. The van der Waals surface area contributed by atoms with Crippen molar-refractivity contribution in [3.63, 3.8) is 0 Å². The van der Waals surface area contributed by atoms with Gasteiger partial charge in [-0.25, -0.2) is 4.79 Å². The van der Waals surface area contributed by atoms with Crippen LogP contribution in [0.5, 0.6) is 5.75 Å². The highest BCUT2D eigenvalue weighted by Gasteiger charge is 2.23. The van der Waals surface area contributed by atoms with E-state index in [1.165, 1.54) is 19.5 Å². The smallest absolute Gasteiger partial charge is 0.337 e. The molecule has 0 bridgehead atoms. The lowest BCUT2D eigenvalue weighted by Gasteiger charge is -2.12. The van der Waals surface area contributed by atoms with Crippen LogP contribution in [0.25, 0.3) is 0 Å². The number of nitrogens with zero attached hydrogens (tertiary/aromatic N) is 1. The average molecular weight is 262 g/mol. The number of halogens is 1. The summed E-state index contributed by atoms with van der Waals surface area (Å²) in [5.41, 5.74) is 0.162. The molecule has 1 aromatic heterocycles. The van der Waals surface area contributed by atoms with Gasteiger partial charge in [0.05, 0.1) is 18.9 Å². The molecule has 0 saturated carbocycles. The van der Waals surface area contributed by atoms with Gasteiger partial charge in [-0.15, -0.1) is 0 Å². The van der Waals surface area contributed by atoms with Crippen molar-refractivity contribution in [3.8, 4) is 5.75 Å². The number of ether oxygens (including phenoxy) is 1. The third-order valence-corrected chi connectivity index (χ3v) is 2.26. The van der Waals surface area contributed by atoms with Crippen molar-refractivity contribution in [2.24, 2.45) is 0 Å². The van der Waals surface area contributed by atoms with Crippen LogP contribution >= 0.6 is 15.9 Å². The molecule has 0 aromatic carbocycles. The van der Waals surface area contributed by atoms with Crippen LogP contribution in [-0.2, 0) is 4.79 Å². The van der Waals surface area contributed by atoms with Crippen molar-refractivity contribution < 1.29 is 19.7 Å². The first-order valence-electron chi connectivity index (χ1n) is 3.66. The van der Waals surface area contributed by atoms with E-state index in [-0.39, 0.29) is 11.3 Å². The lowest BCUT2D eigenvalue weighted by Crippen LogP contribution is -2.12. The minimum atomic E-state index is -1.62. The van der Waals surface area contributed by atoms with E-state index in [0.717, 1.165) is 0 Å². The molecule has 0 saturated heterocycles. The quantitative estimate of drug-likeness (QED) is 0.848. The first kappa shape index (κ1) is 10.9. The van der Waals surface area contributed by atoms with E-state index in [2.05, 4.69) is 20.9 Å². The number of aliphatic carboxylic acids is 1. The predicted molar refractivity (Wildman–Crippen MR) is 51.1 cm³/mol. The van der Waals surface area contributed by atoms with Gasteiger partial charge in [0.1, 0.15) is 5.75 Å². The Kier molecular flexibility index (Phi) is 3.43. The topological polar surface area (TPSA) is 79.7 Å². The number of rotatable bonds is 3. The molecular formula is C8H8BrNO4. The van der Waals surface area contributed by atoms with Crippen molar-refractivity contribution in [3.05, 3.63) is 22.4 Å². The number of carboxylic acids is 1. The van der Waals surface area contributed by atoms with Gasteiger partial charge in [-0.2, -0.15) is 0 Å². The normalized spacial score (nSPS) is 12.2. The van der Waals surface area contributed by atoms with Gasteiger partial charge < -0.3 is 14.9 Å². The molecule has 0 aliphatic heterocycles. The Morgan fingerprint density at radius 2 is 2.29 bits per heavy atom. The number of aromatic nitrogens is 1. The second kappa shape index (κ2) is 4.39. The molecule has 14 heavy (non-hydrogen) atoms. The highest BCUT2D eigenvalue weighted by atomic mass is 79.9. The van der Waals surface area contributed by atoms with Crippen molar-refractivity contribution >= 4 is 21.9 Å². The van der Waals surface area contributed by atoms with Gasteiger partial charge in [0, 0.05) is 10.7 Å². The van der Waals surface area contributed by atoms with Crippen molar-refractivity contribution in [1.29, 1.82) is 0 Å². The highest BCUT2D eigenvalue weighted by Crippen LogP contribution is 2.31. The molecule has 0 aliphatic rings. The van der Waals surface area contributed by atoms with Crippen LogP contribution in [0.2, 0.25) is 0 Å². The summed E-state index contributed by atoms with van der Waals surface area (Å²) in [7, 11) is 1.38. The summed E-state index contributed by atoms with van der Waals surface area (Å²) in [5, 5.41) is 18.0. The zero-order valence-corrected chi connectivity index (χ0v) is 8.85. The summed E-state index contributed by atoms with van der Waals surface area (Å²) in [5.74, 6) is -1.11. The number of aliphatic hydroxyl groups is 1. The minimum Gasteiger partial charge on any atom is -0.495 e. The zero-order valence-electron chi connectivity index (χ0n) is 7.27. The molecule has 0 fully saturated rings. The standard InChI is InChI=1S/C8H8BrNO4/c1-14-5-3-10-2-4(9)6(5)7(11)8(12)13/h2-3,7,11H,1H3,(H,12,13). The molecule has 0 aliphatic carbocycles. The average Bonchev–Trinajstić information content (AvgIpc) is 2.16. The Bertz CT molecular complexity index is 355. The van der Waals surface area contributed by atoms with E-state index < -0.39 is 12.1 Å². The van der Waals surface area contributed by atoms with Gasteiger partial charge in [-0.1, -0.05) is 0 Å². The van der Waals surface area contributed by atoms with E-state index in [9.17, 15) is 9.90 Å². The monoisotopic (exact) mass is 261 g/mol. The van der Waals surface area contributed by atoms with Crippen LogP contribution in [0.1, 0.15) is 11.7 Å². The maximum Gasteiger partial charge on any atom is 0.337 e. The molecule has 0 spiro atoms. The fourth-order valence-electron chi connectivity index (χ4n) is 0.979. The summed E-state index contributed by atoms with van der Waals surface area (Å²) < 4.78 is 5.28. The fraction of sp³-hybridized carbons (Fsp3) is 0.250. The molecule has 1 rings (SSSR count). The van der Waals surface area contributed by atoms with Gasteiger partial charge in [0.2, 0.25) is 0 Å². The number of methoxy groups -OCH3 is 1. The van der Waals surface area contributed by atoms with Gasteiger partial charge in [-0.3, -0.25) is 4.98 Å². The number of hydrogen-bond acceptors (Lipinski definition) is 4. The van der Waals surface area contributed by atoms with Crippen LogP contribution in [0.15, 0.2) is 16.9 Å². The van der Waals surface area contributed by atoms with E-state index in [1.807, 2.05) is 0 Å². The molecule has 1 atom stereocenters. The van der Waals surface area contributed by atoms with Gasteiger partial charge in [0.25, 0.3) is 0 Å². The maximum absolute atomic E-state index is 10.6. The molecule has 76 valence electrons. The third kappa shape index (κ3) is 2.02. The van der Waals surface area contributed by atoms with E-state index in [4.69, 9.17) is 9.84 Å². The second-order valence-electron chi connectivity index (χ2n) is 2.48. The minimum absolute atomic E-state index is 0.162. The predicted octanol–water partition coefficient (Wildman–Crippen LogP) is 0.971. The van der Waals surface area contributed by atoms with E-state index in [1.54, 1.807) is 0 Å². The Morgan fingerprint density at radius 3 is 2.79 bits per heavy atom. The molecule has 2 N–H and O–H groups in total. The van der Waals surface area contributed by atoms with Crippen LogP contribution in [0.3, 0.4) is 0 Å². The van der Waals surface area contributed by atoms with Crippen molar-refractivity contribution in [1.82, 2.24) is 4.98 Å². The Morgan fingerprint density at radius 1 is 1.64 bits per heavy atom. The number of pyridine rings is 1. The third-order valence-electron chi connectivity index (χ3n) is 1.63. The molecular weight excluding hydrogens is 254 g/mol. The summed E-state index contributed by atoms with van der Waals surface area (Å²) >= 11 is 3.09. The Hall–Kier alpha value is -1.14. The van der Waals surface area contributed by atoms with Gasteiger partial charge >= 0.3 is 5.97 Å². The summed E-state index contributed by atoms with van der Waals surface area (Å²) in [6.07, 6.45) is 1.11. The van der Waals surface area contributed by atoms with Crippen LogP contribution in [0.4, 0.5) is 0 Å². The summed E-state index contributed by atoms with van der Waals surface area (Å²) in [6, 6.07) is 0. The van der Waals surface area contributed by atoms with Crippen molar-refractivity contribution in [2.45, 2.75) is 6.10 Å². The number of hydrogen-bond donors (Lipinski definition) is 2. The molecule has 6 heteroatoms. The van der Waals surface area contributed by atoms with Crippen LogP contribution in [-0.4, -0.2) is 28.3 Å². The van der Waals surface area contributed by atoms with Crippen molar-refractivity contribution in [2.75, 3.05) is 7.11 Å². The summed E-state index contributed by atoms with van der Waals surface area (Å²) in [4.78, 5) is 14.4. The Labute approximate surface area is 88.5 Å². The number of aliphatic hydroxyl groups excluding tert-OH is 1. The first-order valence-corrected chi connectivity index (χ1v) is 4.45. The second-order valence-corrected chi connectivity index (χ2v) is 3.33. The first-order chi connectivity index (χ1) is 6.57. The molecule has 1 unspecified atom stereocenters. The zero-order chi connectivity index (χ0) is 10.7. The lowest BCUT2D eigenvalue weighted by molar-refractivity contribution is -0.147. The van der Waals surface area contributed by atoms with Crippen LogP contribution in [0, 0.1) is 0 Å². The molecule has 1 aromatic rings. The van der Waals surface area contributed by atoms with E-state index in [0.29, 0.717) is 4.47 Å². The fourth-order valence-corrected chi connectivity index (χ4v) is 1.51. The molecule has 1 heterocycles. The molecule has 0 radical (unpaired) electrons. The summed E-state index contributed by atoms with van der Waals surface area (Å²) in [6.45, 7) is 0. The van der Waals surface area contributed by atoms with Gasteiger partial charge in [-0.05, 0) is 15.9 Å². The SMILES string of the molecule is COc1cncc(Br)c1C(O)C(=O)O. The van der Waals surface area contributed by atoms with E-state index >= 15 is 0 Å². The number of carbonyl (C=O) groups is 1. The molecule has 5 nitrogen and oxygen atoms in total. The lowest BCUT2D eigenvalue weighted by atomic mass is 10.1. The van der Waals surface area contributed by atoms with Crippen LogP contribution < -0.4 is 4.74 Å². The number of carboxylic acid groups (broad SMARTS) is 1. The largest absolute Gasteiger partial charge is 0.495 e. The van der Waals surface area contributed by atoms with Gasteiger partial charge in [0.15, 0.2) is 6.10 Å². The maximum atomic E-state index is 10.6.